The van der Waals surface area contributed by atoms with Gasteiger partial charge in [-0.1, -0.05) is 24.3 Å². The van der Waals surface area contributed by atoms with Gasteiger partial charge in [-0.05, 0) is 67.5 Å². The van der Waals surface area contributed by atoms with Crippen LogP contribution in [0.15, 0.2) is 47.4 Å². The van der Waals surface area contributed by atoms with Crippen molar-refractivity contribution in [2.45, 2.75) is 43.5 Å². The van der Waals surface area contributed by atoms with Crippen molar-refractivity contribution in [3.63, 3.8) is 0 Å². The van der Waals surface area contributed by atoms with Gasteiger partial charge in [-0.2, -0.15) is 4.31 Å². The van der Waals surface area contributed by atoms with Crippen LogP contribution in [0.4, 0.5) is 0 Å². The molecule has 2 aliphatic rings. The fraction of sp³-hybridized carbons (Fsp3) is 0.435. The van der Waals surface area contributed by atoms with Crippen molar-refractivity contribution in [1.29, 1.82) is 0 Å². The van der Waals surface area contributed by atoms with Crippen molar-refractivity contribution in [3.05, 3.63) is 64.7 Å². The second-order valence-electron chi connectivity index (χ2n) is 7.97. The van der Waals surface area contributed by atoms with Crippen LogP contribution in [-0.2, 0) is 27.6 Å². The minimum Gasteiger partial charge on any atom is -0.379 e. The Balaban J connectivity index is 1.49. The molecule has 7 heteroatoms. The molecule has 6 nitrogen and oxygen atoms in total. The summed E-state index contributed by atoms with van der Waals surface area (Å²) in [4.78, 5) is 13.0. The molecule has 1 heterocycles. The van der Waals surface area contributed by atoms with Gasteiger partial charge in [-0.15, -0.1) is 0 Å². The predicted molar refractivity (Wildman–Crippen MR) is 115 cm³/mol. The number of nitrogens with zero attached hydrogens (tertiary/aromatic N) is 1. The molecule has 0 spiro atoms. The second-order valence-corrected chi connectivity index (χ2v) is 9.91. The van der Waals surface area contributed by atoms with E-state index in [4.69, 9.17) is 4.74 Å². The van der Waals surface area contributed by atoms with Crippen molar-refractivity contribution < 1.29 is 17.9 Å². The molecule has 1 atom stereocenters. The van der Waals surface area contributed by atoms with Gasteiger partial charge in [0.25, 0.3) is 5.91 Å². The number of ether oxygens (including phenoxy) is 1. The lowest BCUT2D eigenvalue weighted by molar-refractivity contribution is 0.0730. The average Bonchev–Trinajstić information content (AvgIpc) is 2.79. The third-order valence-corrected chi connectivity index (χ3v) is 7.82. The van der Waals surface area contributed by atoms with Gasteiger partial charge in [0.15, 0.2) is 0 Å². The standard InChI is InChI=1S/C23H28N2O4S/c1-17(19-10-9-18-5-2-3-6-20(18)15-19)24-23(26)21-7-4-8-22(16-21)30(27,28)25-11-13-29-14-12-25/h4,7-10,15-17H,2-3,5-6,11-14H2,1H3,(H,24,26)/t17-/m1/s1. The summed E-state index contributed by atoms with van der Waals surface area (Å²) < 4.78 is 32.4. The zero-order chi connectivity index (χ0) is 21.1. The fourth-order valence-corrected chi connectivity index (χ4v) is 5.57. The molecular formula is C23H28N2O4S. The Morgan fingerprint density at radius 3 is 2.53 bits per heavy atom. The largest absolute Gasteiger partial charge is 0.379 e. The number of hydrogen-bond acceptors (Lipinski definition) is 4. The van der Waals surface area contributed by atoms with Crippen molar-refractivity contribution in [1.82, 2.24) is 9.62 Å². The molecule has 1 saturated heterocycles. The Bertz CT molecular complexity index is 1030. The molecule has 0 aromatic heterocycles. The maximum absolute atomic E-state index is 12.9. The minimum absolute atomic E-state index is 0.137. The van der Waals surface area contributed by atoms with Gasteiger partial charge in [0.2, 0.25) is 10.0 Å². The van der Waals surface area contributed by atoms with Crippen LogP contribution < -0.4 is 5.32 Å². The maximum Gasteiger partial charge on any atom is 0.251 e. The SMILES string of the molecule is C[C@@H](NC(=O)c1cccc(S(=O)(=O)N2CCOCC2)c1)c1ccc2c(c1)CCCC2. The highest BCUT2D eigenvalue weighted by molar-refractivity contribution is 7.89. The number of hydrogen-bond donors (Lipinski definition) is 1. The number of amides is 1. The Morgan fingerprint density at radius 2 is 1.77 bits per heavy atom. The number of fused-ring (bicyclic) bond motifs is 1. The molecule has 0 saturated carbocycles. The van der Waals surface area contributed by atoms with Crippen molar-refractivity contribution in [3.8, 4) is 0 Å². The van der Waals surface area contributed by atoms with Crippen LogP contribution in [0.25, 0.3) is 0 Å². The van der Waals surface area contributed by atoms with Crippen LogP contribution in [0.2, 0.25) is 0 Å². The van der Waals surface area contributed by atoms with Gasteiger partial charge in [-0.25, -0.2) is 8.42 Å². The third kappa shape index (κ3) is 4.43. The molecule has 1 amide bonds. The number of carbonyl (C=O) groups is 1. The first-order chi connectivity index (χ1) is 14.4. The van der Waals surface area contributed by atoms with Crippen LogP contribution in [0, 0.1) is 0 Å². The topological polar surface area (TPSA) is 75.7 Å². The molecule has 1 N–H and O–H groups in total. The first kappa shape index (κ1) is 21.0. The summed E-state index contributed by atoms with van der Waals surface area (Å²) in [6.45, 7) is 3.38. The Morgan fingerprint density at radius 1 is 1.03 bits per heavy atom. The average molecular weight is 429 g/mol. The van der Waals surface area contributed by atoms with Gasteiger partial charge in [0, 0.05) is 18.7 Å². The summed E-state index contributed by atoms with van der Waals surface area (Å²) in [5.41, 5.74) is 4.19. The van der Waals surface area contributed by atoms with Gasteiger partial charge in [0.05, 0.1) is 24.2 Å². The fourth-order valence-electron chi connectivity index (χ4n) is 4.12. The van der Waals surface area contributed by atoms with E-state index in [1.165, 1.54) is 40.4 Å². The number of sulfonamides is 1. The lowest BCUT2D eigenvalue weighted by atomic mass is 9.89. The molecule has 4 rings (SSSR count). The lowest BCUT2D eigenvalue weighted by Crippen LogP contribution is -2.40. The van der Waals surface area contributed by atoms with Gasteiger partial charge < -0.3 is 10.1 Å². The Kier molecular flexibility index (Phi) is 6.22. The van der Waals surface area contributed by atoms with Gasteiger partial charge >= 0.3 is 0 Å². The van der Waals surface area contributed by atoms with Crippen LogP contribution in [0.1, 0.15) is 52.9 Å². The predicted octanol–water partition coefficient (Wildman–Crippen LogP) is 3.08. The highest BCUT2D eigenvalue weighted by atomic mass is 32.2. The molecule has 160 valence electrons. The molecule has 1 fully saturated rings. The molecular weight excluding hydrogens is 400 g/mol. The normalized spacial score (nSPS) is 18.4. The monoisotopic (exact) mass is 428 g/mol. The van der Waals surface area contributed by atoms with Crippen LogP contribution in [0.3, 0.4) is 0 Å². The molecule has 1 aliphatic carbocycles. The smallest absolute Gasteiger partial charge is 0.251 e. The van der Waals surface area contributed by atoms with Crippen LogP contribution >= 0.6 is 0 Å². The van der Waals surface area contributed by atoms with E-state index in [2.05, 4.69) is 23.5 Å². The van der Waals surface area contributed by atoms with E-state index < -0.39 is 10.0 Å². The minimum atomic E-state index is -3.64. The lowest BCUT2D eigenvalue weighted by Gasteiger charge is -2.26. The van der Waals surface area contributed by atoms with E-state index in [0.29, 0.717) is 31.9 Å². The Hall–Kier alpha value is -2.22. The number of morpholine rings is 1. The number of benzene rings is 2. The summed E-state index contributed by atoms with van der Waals surface area (Å²) in [6.07, 6.45) is 4.66. The summed E-state index contributed by atoms with van der Waals surface area (Å²) in [6, 6.07) is 12.5. The van der Waals surface area contributed by atoms with E-state index in [1.54, 1.807) is 12.1 Å². The molecule has 1 aliphatic heterocycles. The second kappa shape index (κ2) is 8.88. The quantitative estimate of drug-likeness (QED) is 0.794. The van der Waals surface area contributed by atoms with E-state index in [1.807, 2.05) is 6.92 Å². The number of nitrogens with one attached hydrogen (secondary N) is 1. The molecule has 30 heavy (non-hydrogen) atoms. The zero-order valence-corrected chi connectivity index (χ0v) is 18.1. The highest BCUT2D eigenvalue weighted by Crippen LogP contribution is 2.25. The summed E-state index contributed by atoms with van der Waals surface area (Å²) in [7, 11) is -3.64. The summed E-state index contributed by atoms with van der Waals surface area (Å²) in [5.74, 6) is -0.278. The summed E-state index contributed by atoms with van der Waals surface area (Å²) in [5, 5.41) is 3.01. The van der Waals surface area contributed by atoms with Gasteiger partial charge in [0.1, 0.15) is 0 Å². The van der Waals surface area contributed by atoms with E-state index in [0.717, 1.165) is 18.4 Å². The number of carbonyl (C=O) groups excluding carboxylic acids is 1. The van der Waals surface area contributed by atoms with Crippen molar-refractivity contribution in [2.75, 3.05) is 26.3 Å². The first-order valence-corrected chi connectivity index (χ1v) is 12.0. The maximum atomic E-state index is 12.9. The van der Waals surface area contributed by atoms with Crippen molar-refractivity contribution in [2.24, 2.45) is 0 Å². The molecule has 0 unspecified atom stereocenters. The molecule has 0 radical (unpaired) electrons. The Labute approximate surface area is 178 Å². The van der Waals surface area contributed by atoms with E-state index in [9.17, 15) is 13.2 Å². The van der Waals surface area contributed by atoms with Crippen molar-refractivity contribution >= 4 is 15.9 Å². The molecule has 0 bridgehead atoms. The highest BCUT2D eigenvalue weighted by Gasteiger charge is 2.27. The third-order valence-electron chi connectivity index (χ3n) is 5.92. The van der Waals surface area contributed by atoms with Crippen LogP contribution in [0.5, 0.6) is 0 Å². The first-order valence-electron chi connectivity index (χ1n) is 10.6. The molecule has 2 aromatic carbocycles. The summed E-state index contributed by atoms with van der Waals surface area (Å²) >= 11 is 0. The van der Waals surface area contributed by atoms with Gasteiger partial charge in [-0.3, -0.25) is 4.79 Å². The number of aryl methyl sites for hydroxylation is 2. The zero-order valence-electron chi connectivity index (χ0n) is 17.3. The van der Waals surface area contributed by atoms with Crippen LogP contribution in [-0.4, -0.2) is 44.9 Å². The van der Waals surface area contributed by atoms with E-state index >= 15 is 0 Å². The van der Waals surface area contributed by atoms with E-state index in [-0.39, 0.29) is 16.8 Å². The number of rotatable bonds is 5. The molecule has 2 aromatic rings.